The number of aromatic nitrogens is 1. The Balaban J connectivity index is 1.63. The predicted octanol–water partition coefficient (Wildman–Crippen LogP) is 3.01. The molecule has 1 aromatic heterocycles. The molecule has 1 heterocycles. The number of nitrogens with one attached hydrogen (secondary N) is 2. The van der Waals surface area contributed by atoms with Crippen molar-refractivity contribution in [3.63, 3.8) is 0 Å². The van der Waals surface area contributed by atoms with E-state index >= 15 is 0 Å². The van der Waals surface area contributed by atoms with Crippen LogP contribution >= 0.6 is 0 Å². The van der Waals surface area contributed by atoms with Gasteiger partial charge in [0.2, 0.25) is 5.91 Å². The van der Waals surface area contributed by atoms with E-state index in [1.807, 2.05) is 31.2 Å². The van der Waals surface area contributed by atoms with Gasteiger partial charge < -0.3 is 15.4 Å². The van der Waals surface area contributed by atoms with Crippen LogP contribution in [0.15, 0.2) is 48.5 Å². The lowest BCUT2D eigenvalue weighted by Crippen LogP contribution is -2.29. The van der Waals surface area contributed by atoms with Crippen LogP contribution in [0.4, 0.5) is 4.39 Å². The topological polar surface area (TPSA) is 65.1 Å². The molecule has 1 atom stereocenters. The highest BCUT2D eigenvalue weighted by Gasteiger charge is 2.14. The van der Waals surface area contributed by atoms with Crippen molar-refractivity contribution >= 4 is 16.8 Å². The highest BCUT2D eigenvalue weighted by Crippen LogP contribution is 2.22. The SMILES string of the molecule is Cc1[nH]c2ccccc2c1CC(=O)NCC(O)c1ccc(F)cc1. The van der Waals surface area contributed by atoms with Crippen molar-refractivity contribution in [2.75, 3.05) is 6.54 Å². The lowest BCUT2D eigenvalue weighted by molar-refractivity contribution is -0.120. The Morgan fingerprint density at radius 2 is 1.92 bits per heavy atom. The third-order valence-corrected chi connectivity index (χ3v) is 4.11. The molecule has 3 aromatic rings. The lowest BCUT2D eigenvalue weighted by Gasteiger charge is -2.12. The Hall–Kier alpha value is -2.66. The predicted molar refractivity (Wildman–Crippen MR) is 91.1 cm³/mol. The first-order chi connectivity index (χ1) is 11.5. The van der Waals surface area contributed by atoms with Gasteiger partial charge in [-0.3, -0.25) is 4.79 Å². The molecule has 2 aromatic carbocycles. The zero-order chi connectivity index (χ0) is 17.1. The number of aliphatic hydroxyl groups excluding tert-OH is 1. The van der Waals surface area contributed by atoms with Gasteiger partial charge in [-0.25, -0.2) is 4.39 Å². The molecule has 5 heteroatoms. The molecule has 0 fully saturated rings. The maximum atomic E-state index is 12.9. The Bertz CT molecular complexity index is 855. The highest BCUT2D eigenvalue weighted by molar-refractivity contribution is 5.90. The molecular formula is C19H19FN2O2. The summed E-state index contributed by atoms with van der Waals surface area (Å²) in [6.07, 6.45) is -0.620. The molecule has 1 amide bonds. The fourth-order valence-electron chi connectivity index (χ4n) is 2.80. The van der Waals surface area contributed by atoms with Crippen molar-refractivity contribution in [2.24, 2.45) is 0 Å². The van der Waals surface area contributed by atoms with Gasteiger partial charge in [0.15, 0.2) is 0 Å². The van der Waals surface area contributed by atoms with E-state index < -0.39 is 6.10 Å². The molecule has 24 heavy (non-hydrogen) atoms. The summed E-state index contributed by atoms with van der Waals surface area (Å²) in [7, 11) is 0. The number of fused-ring (bicyclic) bond motifs is 1. The second-order valence-electron chi connectivity index (χ2n) is 5.82. The van der Waals surface area contributed by atoms with E-state index in [9.17, 15) is 14.3 Å². The summed E-state index contributed by atoms with van der Waals surface area (Å²) in [5.74, 6) is -0.520. The molecule has 0 bridgehead atoms. The minimum absolute atomic E-state index is 0.0892. The van der Waals surface area contributed by atoms with Crippen LogP contribution in [0.1, 0.15) is 22.9 Å². The number of aryl methyl sites for hydroxylation is 1. The first-order valence-corrected chi connectivity index (χ1v) is 7.81. The number of H-pyrrole nitrogens is 1. The summed E-state index contributed by atoms with van der Waals surface area (Å²) in [5.41, 5.74) is 3.49. The van der Waals surface area contributed by atoms with Gasteiger partial charge in [0.05, 0.1) is 12.5 Å². The number of amides is 1. The number of aliphatic hydroxyl groups is 1. The summed E-state index contributed by atoms with van der Waals surface area (Å²) in [5, 5.41) is 13.8. The average molecular weight is 326 g/mol. The number of benzene rings is 2. The monoisotopic (exact) mass is 326 g/mol. The second-order valence-corrected chi connectivity index (χ2v) is 5.82. The van der Waals surface area contributed by atoms with E-state index in [4.69, 9.17) is 0 Å². The van der Waals surface area contributed by atoms with Crippen LogP contribution < -0.4 is 5.32 Å². The molecule has 0 aliphatic heterocycles. The first kappa shape index (κ1) is 16.2. The molecular weight excluding hydrogens is 307 g/mol. The number of halogens is 1. The standard InChI is InChI=1S/C19H19FN2O2/c1-12-16(15-4-2-3-5-17(15)22-12)10-19(24)21-11-18(23)13-6-8-14(20)9-7-13/h2-9,18,22-23H,10-11H2,1H3,(H,21,24). The van der Waals surface area contributed by atoms with Gasteiger partial charge in [0, 0.05) is 23.1 Å². The lowest BCUT2D eigenvalue weighted by atomic mass is 10.1. The van der Waals surface area contributed by atoms with Crippen molar-refractivity contribution in [2.45, 2.75) is 19.4 Å². The van der Waals surface area contributed by atoms with E-state index in [0.29, 0.717) is 5.56 Å². The summed E-state index contributed by atoms with van der Waals surface area (Å²) in [4.78, 5) is 15.5. The Morgan fingerprint density at radius 1 is 1.21 bits per heavy atom. The maximum Gasteiger partial charge on any atom is 0.224 e. The smallest absolute Gasteiger partial charge is 0.224 e. The zero-order valence-electron chi connectivity index (χ0n) is 13.3. The number of hydrogen-bond donors (Lipinski definition) is 3. The number of aromatic amines is 1. The quantitative estimate of drug-likeness (QED) is 0.675. The Kier molecular flexibility index (Phi) is 4.62. The van der Waals surface area contributed by atoms with Gasteiger partial charge in [-0.05, 0) is 36.2 Å². The molecule has 0 aliphatic rings. The fourth-order valence-corrected chi connectivity index (χ4v) is 2.80. The van der Waals surface area contributed by atoms with Crippen molar-refractivity contribution in [1.82, 2.24) is 10.3 Å². The van der Waals surface area contributed by atoms with E-state index in [0.717, 1.165) is 22.2 Å². The van der Waals surface area contributed by atoms with Gasteiger partial charge in [-0.15, -0.1) is 0 Å². The number of carbonyl (C=O) groups excluding carboxylic acids is 1. The molecule has 0 saturated carbocycles. The largest absolute Gasteiger partial charge is 0.387 e. The number of hydrogen-bond acceptors (Lipinski definition) is 2. The number of carbonyl (C=O) groups is 1. The van der Waals surface area contributed by atoms with Gasteiger partial charge in [-0.2, -0.15) is 0 Å². The third-order valence-electron chi connectivity index (χ3n) is 4.11. The molecule has 0 saturated heterocycles. The summed E-state index contributed by atoms with van der Waals surface area (Å²) < 4.78 is 12.9. The van der Waals surface area contributed by atoms with Crippen LogP contribution in [0, 0.1) is 12.7 Å². The van der Waals surface area contributed by atoms with Crippen LogP contribution in [0.3, 0.4) is 0 Å². The van der Waals surface area contributed by atoms with Crippen molar-refractivity contribution in [3.05, 3.63) is 71.2 Å². The van der Waals surface area contributed by atoms with E-state index in [1.165, 1.54) is 24.3 Å². The Morgan fingerprint density at radius 3 is 2.67 bits per heavy atom. The number of rotatable bonds is 5. The molecule has 4 nitrogen and oxygen atoms in total. The zero-order valence-corrected chi connectivity index (χ0v) is 13.3. The summed E-state index contributed by atoms with van der Waals surface area (Å²) in [6.45, 7) is 2.03. The molecule has 1 unspecified atom stereocenters. The van der Waals surface area contributed by atoms with Crippen LogP contribution in [0.25, 0.3) is 10.9 Å². The molecule has 0 spiro atoms. The normalized spacial score (nSPS) is 12.3. The molecule has 0 radical (unpaired) electrons. The first-order valence-electron chi connectivity index (χ1n) is 7.81. The molecule has 3 rings (SSSR count). The third kappa shape index (κ3) is 3.46. The molecule has 124 valence electrons. The van der Waals surface area contributed by atoms with E-state index in [1.54, 1.807) is 0 Å². The van der Waals surface area contributed by atoms with Crippen LogP contribution in [-0.4, -0.2) is 22.5 Å². The Labute approximate surface area is 139 Å². The van der Waals surface area contributed by atoms with Gasteiger partial charge in [0.1, 0.15) is 5.82 Å². The number of para-hydroxylation sites is 1. The summed E-state index contributed by atoms with van der Waals surface area (Å²) in [6, 6.07) is 13.4. The molecule has 0 aliphatic carbocycles. The van der Waals surface area contributed by atoms with Crippen molar-refractivity contribution in [3.8, 4) is 0 Å². The second kappa shape index (κ2) is 6.84. The van der Waals surface area contributed by atoms with Crippen molar-refractivity contribution in [1.29, 1.82) is 0 Å². The van der Waals surface area contributed by atoms with E-state index in [2.05, 4.69) is 10.3 Å². The van der Waals surface area contributed by atoms with Gasteiger partial charge in [0.25, 0.3) is 0 Å². The van der Waals surface area contributed by atoms with Crippen molar-refractivity contribution < 1.29 is 14.3 Å². The van der Waals surface area contributed by atoms with Crippen LogP contribution in [0.2, 0.25) is 0 Å². The molecule has 3 N–H and O–H groups in total. The van der Waals surface area contributed by atoms with E-state index in [-0.39, 0.29) is 24.7 Å². The fraction of sp³-hybridized carbons (Fsp3) is 0.211. The van der Waals surface area contributed by atoms with Crippen LogP contribution in [-0.2, 0) is 11.2 Å². The van der Waals surface area contributed by atoms with Crippen LogP contribution in [0.5, 0.6) is 0 Å². The minimum atomic E-state index is -0.862. The van der Waals surface area contributed by atoms with Gasteiger partial charge >= 0.3 is 0 Å². The minimum Gasteiger partial charge on any atom is -0.387 e. The summed E-state index contributed by atoms with van der Waals surface area (Å²) >= 11 is 0. The maximum absolute atomic E-state index is 12.9. The average Bonchev–Trinajstić information content (AvgIpc) is 2.89. The van der Waals surface area contributed by atoms with Gasteiger partial charge in [-0.1, -0.05) is 30.3 Å². The highest BCUT2D eigenvalue weighted by atomic mass is 19.1.